The third-order valence-corrected chi connectivity index (χ3v) is 3.76. The summed E-state index contributed by atoms with van der Waals surface area (Å²) in [5, 5.41) is 4.67. The van der Waals surface area contributed by atoms with Crippen molar-refractivity contribution in [2.75, 3.05) is 5.32 Å². The van der Waals surface area contributed by atoms with Gasteiger partial charge in [-0.15, -0.1) is 0 Å². The zero-order valence-electron chi connectivity index (χ0n) is 15.3. The predicted molar refractivity (Wildman–Crippen MR) is 105 cm³/mol. The van der Waals surface area contributed by atoms with Gasteiger partial charge in [0.05, 0.1) is 5.69 Å². The lowest BCUT2D eigenvalue weighted by molar-refractivity contribution is 0.0636. The van der Waals surface area contributed by atoms with E-state index in [9.17, 15) is 4.79 Å². The van der Waals surface area contributed by atoms with E-state index in [1.54, 1.807) is 0 Å². The maximum atomic E-state index is 12.1. The molecule has 134 valence electrons. The van der Waals surface area contributed by atoms with Crippen LogP contribution >= 0.6 is 0 Å². The van der Waals surface area contributed by atoms with Crippen LogP contribution < -0.4 is 10.1 Å². The highest BCUT2D eigenvalue weighted by molar-refractivity contribution is 6.02. The Morgan fingerprint density at radius 3 is 2.23 bits per heavy atom. The molecule has 0 atom stereocenters. The zero-order chi connectivity index (χ0) is 18.6. The highest BCUT2D eigenvalue weighted by Gasteiger charge is 2.17. The van der Waals surface area contributed by atoms with Crippen molar-refractivity contribution >= 4 is 22.6 Å². The summed E-state index contributed by atoms with van der Waals surface area (Å²) in [4.78, 5) is 12.1. The van der Waals surface area contributed by atoms with Gasteiger partial charge < -0.3 is 9.47 Å². The van der Waals surface area contributed by atoms with Crippen LogP contribution in [0.25, 0.3) is 10.8 Å². The van der Waals surface area contributed by atoms with Crippen molar-refractivity contribution in [3.05, 3.63) is 72.3 Å². The number of benzene rings is 3. The van der Waals surface area contributed by atoms with Crippen LogP contribution in [0, 0.1) is 0 Å². The Morgan fingerprint density at radius 2 is 1.54 bits per heavy atom. The molecule has 1 N–H and O–H groups in total. The van der Waals surface area contributed by atoms with Gasteiger partial charge in [-0.25, -0.2) is 4.79 Å². The Labute approximate surface area is 153 Å². The Hall–Kier alpha value is -3.01. The van der Waals surface area contributed by atoms with E-state index in [4.69, 9.17) is 9.47 Å². The van der Waals surface area contributed by atoms with Crippen molar-refractivity contribution in [2.24, 2.45) is 0 Å². The number of hydrogen-bond acceptors (Lipinski definition) is 3. The quantitative estimate of drug-likeness (QED) is 0.651. The first kappa shape index (κ1) is 17.8. The number of carbonyl (C=O) groups is 1. The summed E-state index contributed by atoms with van der Waals surface area (Å²) in [6.45, 7) is 6.01. The standard InChI is InChI=1S/C22H23NO3/c1-22(2,3)26-21(24)23-19-13-14-20(18-12-8-7-11-17(18)19)25-15-16-9-5-4-6-10-16/h4-14H,15H2,1-3H3,(H,23,24). The lowest BCUT2D eigenvalue weighted by atomic mass is 10.1. The van der Waals surface area contributed by atoms with Crippen LogP contribution in [0.4, 0.5) is 10.5 Å². The van der Waals surface area contributed by atoms with Gasteiger partial charge in [0.15, 0.2) is 0 Å². The van der Waals surface area contributed by atoms with Crippen LogP contribution in [0.2, 0.25) is 0 Å². The molecule has 3 rings (SSSR count). The fraction of sp³-hybridized carbons (Fsp3) is 0.227. The van der Waals surface area contributed by atoms with Crippen molar-refractivity contribution in [3.63, 3.8) is 0 Å². The number of ether oxygens (including phenoxy) is 2. The molecule has 0 aromatic heterocycles. The van der Waals surface area contributed by atoms with Gasteiger partial charge in [-0.1, -0.05) is 54.6 Å². The molecule has 0 bridgehead atoms. The van der Waals surface area contributed by atoms with Gasteiger partial charge in [0.2, 0.25) is 0 Å². The molecule has 4 heteroatoms. The molecule has 26 heavy (non-hydrogen) atoms. The van der Waals surface area contributed by atoms with Crippen LogP contribution in [-0.2, 0) is 11.3 Å². The fourth-order valence-electron chi connectivity index (χ4n) is 2.66. The summed E-state index contributed by atoms with van der Waals surface area (Å²) in [7, 11) is 0. The lowest BCUT2D eigenvalue weighted by Crippen LogP contribution is -2.27. The molecule has 0 aliphatic carbocycles. The minimum atomic E-state index is -0.543. The van der Waals surface area contributed by atoms with Gasteiger partial charge in [-0.3, -0.25) is 5.32 Å². The van der Waals surface area contributed by atoms with Gasteiger partial charge >= 0.3 is 6.09 Å². The largest absolute Gasteiger partial charge is 0.488 e. The highest BCUT2D eigenvalue weighted by Crippen LogP contribution is 2.32. The first-order chi connectivity index (χ1) is 12.4. The van der Waals surface area contributed by atoms with Crippen LogP contribution in [0.15, 0.2) is 66.7 Å². The van der Waals surface area contributed by atoms with Crippen LogP contribution in [0.1, 0.15) is 26.3 Å². The number of nitrogens with one attached hydrogen (secondary N) is 1. The number of carbonyl (C=O) groups excluding carboxylic acids is 1. The maximum absolute atomic E-state index is 12.1. The van der Waals surface area contributed by atoms with Crippen molar-refractivity contribution < 1.29 is 14.3 Å². The minimum absolute atomic E-state index is 0.472. The zero-order valence-corrected chi connectivity index (χ0v) is 15.3. The van der Waals surface area contributed by atoms with Crippen molar-refractivity contribution in [2.45, 2.75) is 33.0 Å². The molecule has 0 spiro atoms. The third kappa shape index (κ3) is 4.54. The van der Waals surface area contributed by atoms with E-state index in [2.05, 4.69) is 5.32 Å². The number of hydrogen-bond donors (Lipinski definition) is 1. The Bertz CT molecular complexity index is 898. The molecule has 0 radical (unpaired) electrons. The van der Waals surface area contributed by atoms with E-state index in [-0.39, 0.29) is 0 Å². The normalized spacial score (nSPS) is 11.2. The number of amides is 1. The smallest absolute Gasteiger partial charge is 0.412 e. The number of anilines is 1. The molecule has 0 fully saturated rings. The molecule has 3 aromatic carbocycles. The summed E-state index contributed by atoms with van der Waals surface area (Å²) in [5.74, 6) is 0.777. The molecular weight excluding hydrogens is 326 g/mol. The highest BCUT2D eigenvalue weighted by atomic mass is 16.6. The van der Waals surface area contributed by atoms with Crippen molar-refractivity contribution in [1.82, 2.24) is 0 Å². The Morgan fingerprint density at radius 1 is 0.885 bits per heavy atom. The van der Waals surface area contributed by atoms with Gasteiger partial charge in [-0.2, -0.15) is 0 Å². The molecule has 0 saturated carbocycles. The van der Waals surface area contributed by atoms with Crippen LogP contribution in [-0.4, -0.2) is 11.7 Å². The Kier molecular flexibility index (Phi) is 5.12. The van der Waals surface area contributed by atoms with Crippen molar-refractivity contribution in [1.29, 1.82) is 0 Å². The second kappa shape index (κ2) is 7.48. The second-order valence-electron chi connectivity index (χ2n) is 7.06. The average Bonchev–Trinajstić information content (AvgIpc) is 2.60. The van der Waals surface area contributed by atoms with E-state index in [0.29, 0.717) is 12.3 Å². The molecule has 0 saturated heterocycles. The topological polar surface area (TPSA) is 47.6 Å². The summed E-state index contributed by atoms with van der Waals surface area (Å²) in [6, 6.07) is 21.6. The Balaban J connectivity index is 1.83. The first-order valence-electron chi connectivity index (χ1n) is 8.61. The number of rotatable bonds is 4. The maximum Gasteiger partial charge on any atom is 0.412 e. The van der Waals surface area contributed by atoms with Gasteiger partial charge in [0.25, 0.3) is 0 Å². The molecule has 0 heterocycles. The van der Waals surface area contributed by atoms with E-state index in [1.165, 1.54) is 0 Å². The second-order valence-corrected chi connectivity index (χ2v) is 7.06. The fourth-order valence-corrected chi connectivity index (χ4v) is 2.66. The molecule has 0 unspecified atom stereocenters. The summed E-state index contributed by atoms with van der Waals surface area (Å²) < 4.78 is 11.3. The summed E-state index contributed by atoms with van der Waals surface area (Å²) >= 11 is 0. The molecule has 4 nitrogen and oxygen atoms in total. The SMILES string of the molecule is CC(C)(C)OC(=O)Nc1ccc(OCc2ccccc2)c2ccccc12. The van der Waals surface area contributed by atoms with Crippen LogP contribution in [0.5, 0.6) is 5.75 Å². The molecular formula is C22H23NO3. The summed E-state index contributed by atoms with van der Waals surface area (Å²) in [5.41, 5.74) is 1.26. The molecule has 0 aliphatic heterocycles. The lowest BCUT2D eigenvalue weighted by Gasteiger charge is -2.20. The monoisotopic (exact) mass is 349 g/mol. The van der Waals surface area contributed by atoms with E-state index < -0.39 is 11.7 Å². The summed E-state index contributed by atoms with van der Waals surface area (Å²) in [6.07, 6.45) is -0.472. The number of fused-ring (bicyclic) bond motifs is 1. The van der Waals surface area contributed by atoms with E-state index in [1.807, 2.05) is 87.5 Å². The van der Waals surface area contributed by atoms with E-state index in [0.717, 1.165) is 22.1 Å². The molecule has 3 aromatic rings. The first-order valence-corrected chi connectivity index (χ1v) is 8.61. The minimum Gasteiger partial charge on any atom is -0.488 e. The predicted octanol–water partition coefficient (Wildman–Crippen LogP) is 5.77. The van der Waals surface area contributed by atoms with Crippen LogP contribution in [0.3, 0.4) is 0 Å². The third-order valence-electron chi connectivity index (χ3n) is 3.76. The molecule has 1 amide bonds. The van der Waals surface area contributed by atoms with Crippen molar-refractivity contribution in [3.8, 4) is 5.75 Å². The average molecular weight is 349 g/mol. The van der Waals surface area contributed by atoms with Gasteiger partial charge in [-0.05, 0) is 38.5 Å². The van der Waals surface area contributed by atoms with E-state index >= 15 is 0 Å². The molecule has 0 aliphatic rings. The van der Waals surface area contributed by atoms with Gasteiger partial charge in [0, 0.05) is 10.8 Å². The van der Waals surface area contributed by atoms with Gasteiger partial charge in [0.1, 0.15) is 18.0 Å².